The monoisotopic (exact) mass is 178 g/mol. The Balaban J connectivity index is 2.22. The van der Waals surface area contributed by atoms with E-state index in [1.807, 2.05) is 7.05 Å². The molecule has 0 spiro atoms. The molecule has 1 aliphatic rings. The molecule has 2 heteroatoms. The molecule has 0 unspecified atom stereocenters. The standard InChI is InChI=1S/C11H18N2/c1-12-10-11(6-2-3-7-11)13-8-4-5-9-13/h4-5,8-9,12H,2-3,6-7,10H2,1H3. The number of nitrogens with zero attached hydrogens (tertiary/aromatic N) is 1. The van der Waals surface area contributed by atoms with E-state index in [1.165, 1.54) is 25.7 Å². The summed E-state index contributed by atoms with van der Waals surface area (Å²) < 4.78 is 2.39. The number of aromatic nitrogens is 1. The van der Waals surface area contributed by atoms with Gasteiger partial charge < -0.3 is 9.88 Å². The number of nitrogens with one attached hydrogen (secondary N) is 1. The third-order valence-corrected chi connectivity index (χ3v) is 3.19. The zero-order valence-electron chi connectivity index (χ0n) is 8.29. The lowest BCUT2D eigenvalue weighted by Gasteiger charge is -2.31. The van der Waals surface area contributed by atoms with Crippen molar-refractivity contribution in [1.82, 2.24) is 9.88 Å². The van der Waals surface area contributed by atoms with Crippen LogP contribution in [0, 0.1) is 0 Å². The predicted octanol–water partition coefficient (Wildman–Crippen LogP) is 1.98. The highest BCUT2D eigenvalue weighted by Crippen LogP contribution is 2.35. The molecule has 0 saturated heterocycles. The fourth-order valence-corrected chi connectivity index (χ4v) is 2.54. The number of hydrogen-bond acceptors (Lipinski definition) is 1. The molecule has 1 heterocycles. The molecule has 13 heavy (non-hydrogen) atoms. The van der Waals surface area contributed by atoms with E-state index < -0.39 is 0 Å². The molecule has 2 nitrogen and oxygen atoms in total. The van der Waals surface area contributed by atoms with Crippen LogP contribution in [-0.4, -0.2) is 18.2 Å². The maximum atomic E-state index is 3.32. The Morgan fingerprint density at radius 3 is 2.38 bits per heavy atom. The quantitative estimate of drug-likeness (QED) is 0.749. The van der Waals surface area contributed by atoms with Crippen molar-refractivity contribution in [3.8, 4) is 0 Å². The van der Waals surface area contributed by atoms with E-state index in [-0.39, 0.29) is 0 Å². The van der Waals surface area contributed by atoms with E-state index in [0.717, 1.165) is 6.54 Å². The van der Waals surface area contributed by atoms with Crippen LogP contribution in [0.15, 0.2) is 24.5 Å². The van der Waals surface area contributed by atoms with Gasteiger partial charge in [0.25, 0.3) is 0 Å². The minimum atomic E-state index is 0.373. The van der Waals surface area contributed by atoms with Crippen molar-refractivity contribution < 1.29 is 0 Å². The first-order valence-electron chi connectivity index (χ1n) is 5.15. The average molecular weight is 178 g/mol. The smallest absolute Gasteiger partial charge is 0.0563 e. The summed E-state index contributed by atoms with van der Waals surface area (Å²) in [5, 5.41) is 3.32. The molecule has 0 radical (unpaired) electrons. The normalized spacial score (nSPS) is 20.7. The largest absolute Gasteiger partial charge is 0.347 e. The van der Waals surface area contributed by atoms with Gasteiger partial charge in [-0.15, -0.1) is 0 Å². The highest BCUT2D eigenvalue weighted by Gasteiger charge is 2.33. The Hall–Kier alpha value is -0.760. The number of likely N-dealkylation sites (N-methyl/N-ethyl adjacent to an activating group) is 1. The van der Waals surface area contributed by atoms with Gasteiger partial charge in [0.1, 0.15) is 0 Å². The van der Waals surface area contributed by atoms with E-state index in [4.69, 9.17) is 0 Å². The SMILES string of the molecule is CNCC1(n2cccc2)CCCC1. The first-order chi connectivity index (χ1) is 6.37. The molecule has 0 amide bonds. The molecule has 1 aromatic heterocycles. The molecule has 1 fully saturated rings. The predicted molar refractivity (Wildman–Crippen MR) is 54.8 cm³/mol. The van der Waals surface area contributed by atoms with E-state index >= 15 is 0 Å². The van der Waals surface area contributed by atoms with E-state index in [2.05, 4.69) is 34.4 Å². The molecule has 1 N–H and O–H groups in total. The van der Waals surface area contributed by atoms with Gasteiger partial charge in [-0.05, 0) is 32.0 Å². The summed E-state index contributed by atoms with van der Waals surface area (Å²) in [5.41, 5.74) is 0.373. The maximum Gasteiger partial charge on any atom is 0.0563 e. The van der Waals surface area contributed by atoms with Crippen molar-refractivity contribution in [3.05, 3.63) is 24.5 Å². The second-order valence-electron chi connectivity index (χ2n) is 4.05. The van der Waals surface area contributed by atoms with Crippen molar-refractivity contribution in [2.24, 2.45) is 0 Å². The molecule has 0 atom stereocenters. The van der Waals surface area contributed by atoms with Gasteiger partial charge in [0.2, 0.25) is 0 Å². The first kappa shape index (κ1) is 8.82. The maximum absolute atomic E-state index is 3.32. The second-order valence-corrected chi connectivity index (χ2v) is 4.05. The zero-order valence-corrected chi connectivity index (χ0v) is 8.29. The Morgan fingerprint density at radius 2 is 1.85 bits per heavy atom. The van der Waals surface area contributed by atoms with Crippen molar-refractivity contribution in [2.75, 3.05) is 13.6 Å². The van der Waals surface area contributed by atoms with Gasteiger partial charge in [-0.1, -0.05) is 12.8 Å². The van der Waals surface area contributed by atoms with E-state index in [9.17, 15) is 0 Å². The lowest BCUT2D eigenvalue weighted by molar-refractivity contribution is 0.286. The Bertz CT molecular complexity index is 245. The minimum Gasteiger partial charge on any atom is -0.347 e. The molecule has 72 valence electrons. The van der Waals surface area contributed by atoms with Crippen LogP contribution in [-0.2, 0) is 5.54 Å². The minimum absolute atomic E-state index is 0.373. The summed E-state index contributed by atoms with van der Waals surface area (Å²) in [6, 6.07) is 4.24. The molecule has 2 rings (SSSR count). The van der Waals surface area contributed by atoms with E-state index in [1.54, 1.807) is 0 Å². The van der Waals surface area contributed by atoms with Crippen LogP contribution >= 0.6 is 0 Å². The van der Waals surface area contributed by atoms with Crippen molar-refractivity contribution >= 4 is 0 Å². The van der Waals surface area contributed by atoms with E-state index in [0.29, 0.717) is 5.54 Å². The summed E-state index contributed by atoms with van der Waals surface area (Å²) >= 11 is 0. The van der Waals surface area contributed by atoms with Gasteiger partial charge in [0.15, 0.2) is 0 Å². The van der Waals surface area contributed by atoms with Crippen molar-refractivity contribution in [3.63, 3.8) is 0 Å². The lowest BCUT2D eigenvalue weighted by atomic mass is 9.97. The van der Waals surface area contributed by atoms with Crippen LogP contribution in [0.4, 0.5) is 0 Å². The molecular formula is C11H18N2. The summed E-state index contributed by atoms with van der Waals surface area (Å²) in [7, 11) is 2.05. The summed E-state index contributed by atoms with van der Waals surface area (Å²) in [5.74, 6) is 0. The average Bonchev–Trinajstić information content (AvgIpc) is 2.73. The van der Waals surface area contributed by atoms with Gasteiger partial charge in [0, 0.05) is 18.9 Å². The zero-order chi connectivity index (χ0) is 9.15. The molecule has 0 aromatic carbocycles. The second kappa shape index (κ2) is 3.54. The van der Waals surface area contributed by atoms with Crippen LogP contribution in [0.1, 0.15) is 25.7 Å². The van der Waals surface area contributed by atoms with Gasteiger partial charge in [-0.3, -0.25) is 0 Å². The Morgan fingerprint density at radius 1 is 1.23 bits per heavy atom. The fraction of sp³-hybridized carbons (Fsp3) is 0.636. The highest BCUT2D eigenvalue weighted by atomic mass is 15.1. The highest BCUT2D eigenvalue weighted by molar-refractivity contribution is 5.01. The van der Waals surface area contributed by atoms with Crippen LogP contribution in [0.2, 0.25) is 0 Å². The Labute approximate surface area is 79.9 Å². The third kappa shape index (κ3) is 1.51. The molecule has 1 aromatic rings. The van der Waals surface area contributed by atoms with Crippen molar-refractivity contribution in [1.29, 1.82) is 0 Å². The van der Waals surface area contributed by atoms with Crippen LogP contribution in [0.25, 0.3) is 0 Å². The molecule has 1 saturated carbocycles. The molecular weight excluding hydrogens is 160 g/mol. The van der Waals surface area contributed by atoms with Gasteiger partial charge in [-0.25, -0.2) is 0 Å². The van der Waals surface area contributed by atoms with Crippen LogP contribution in [0.3, 0.4) is 0 Å². The lowest BCUT2D eigenvalue weighted by Crippen LogP contribution is -2.39. The van der Waals surface area contributed by atoms with Gasteiger partial charge in [0.05, 0.1) is 5.54 Å². The number of hydrogen-bond donors (Lipinski definition) is 1. The summed E-state index contributed by atoms with van der Waals surface area (Å²) in [6.07, 6.45) is 9.79. The summed E-state index contributed by atoms with van der Waals surface area (Å²) in [6.45, 7) is 1.10. The van der Waals surface area contributed by atoms with Crippen LogP contribution in [0.5, 0.6) is 0 Å². The molecule has 1 aliphatic carbocycles. The first-order valence-corrected chi connectivity index (χ1v) is 5.15. The number of rotatable bonds is 3. The van der Waals surface area contributed by atoms with Gasteiger partial charge in [-0.2, -0.15) is 0 Å². The Kier molecular flexibility index (Phi) is 2.40. The molecule has 0 aliphatic heterocycles. The van der Waals surface area contributed by atoms with Crippen molar-refractivity contribution in [2.45, 2.75) is 31.2 Å². The third-order valence-electron chi connectivity index (χ3n) is 3.19. The summed E-state index contributed by atoms with van der Waals surface area (Å²) in [4.78, 5) is 0. The topological polar surface area (TPSA) is 17.0 Å². The van der Waals surface area contributed by atoms with Crippen LogP contribution < -0.4 is 5.32 Å². The van der Waals surface area contributed by atoms with Gasteiger partial charge >= 0.3 is 0 Å². The fourth-order valence-electron chi connectivity index (χ4n) is 2.54. The molecule has 0 bridgehead atoms.